The lowest BCUT2D eigenvalue weighted by molar-refractivity contribution is 0.0679. The number of piperidine rings is 1. The number of rotatable bonds is 5. The summed E-state index contributed by atoms with van der Waals surface area (Å²) in [5.41, 5.74) is 4.33. The predicted octanol–water partition coefficient (Wildman–Crippen LogP) is 6.48. The standard InChI is InChI=1S/C30H29Cl2N7O2/c31-25-18-35-30-37-23-14-20(16-33-17-23)3-4-21-15-22(36-28(25)38-30)5-6-26(21)41-13-9-19-7-11-39(12-8-19)29(40)24-2-1-10-34-27(24)32/h1-2,5-6,10,14-19H,3-4,7-9,11-13H2,(H2,35,36,37,38). The average Bonchev–Trinajstić information content (AvgIpc) is 2.99. The van der Waals surface area contributed by atoms with Gasteiger partial charge in [0.2, 0.25) is 5.95 Å². The Morgan fingerprint density at radius 2 is 1.88 bits per heavy atom. The summed E-state index contributed by atoms with van der Waals surface area (Å²) in [6.45, 7) is 2.01. The number of halogens is 2. The zero-order chi connectivity index (χ0) is 28.2. The van der Waals surface area contributed by atoms with E-state index in [2.05, 4.69) is 42.7 Å². The van der Waals surface area contributed by atoms with E-state index in [9.17, 15) is 4.79 Å². The Morgan fingerprint density at radius 3 is 2.73 bits per heavy atom. The van der Waals surface area contributed by atoms with E-state index in [1.54, 1.807) is 30.7 Å². The minimum atomic E-state index is -0.0532. The number of fused-ring (bicyclic) bond motifs is 6. The molecule has 2 aliphatic rings. The molecular formula is C30H29Cl2N7O2. The number of hydrogen-bond acceptors (Lipinski definition) is 8. The Balaban J connectivity index is 1.11. The summed E-state index contributed by atoms with van der Waals surface area (Å²) in [7, 11) is 0. The molecule has 6 bridgehead atoms. The van der Waals surface area contributed by atoms with Gasteiger partial charge in [0, 0.05) is 31.2 Å². The lowest BCUT2D eigenvalue weighted by Crippen LogP contribution is -2.39. The van der Waals surface area contributed by atoms with Crippen LogP contribution in [0.2, 0.25) is 10.2 Å². The van der Waals surface area contributed by atoms with E-state index in [0.29, 0.717) is 48.0 Å². The molecule has 2 aliphatic heterocycles. The Morgan fingerprint density at radius 1 is 1.00 bits per heavy atom. The Hall–Kier alpha value is -3.95. The number of carbonyl (C=O) groups excluding carboxylic acids is 1. The predicted molar refractivity (Wildman–Crippen MR) is 160 cm³/mol. The van der Waals surface area contributed by atoms with Gasteiger partial charge in [-0.2, -0.15) is 4.98 Å². The van der Waals surface area contributed by atoms with Gasteiger partial charge in [0.15, 0.2) is 5.82 Å². The van der Waals surface area contributed by atoms with Crippen LogP contribution in [0.4, 0.5) is 23.1 Å². The first-order valence-electron chi connectivity index (χ1n) is 13.7. The highest BCUT2D eigenvalue weighted by Gasteiger charge is 2.25. The number of nitrogens with zero attached hydrogens (tertiary/aromatic N) is 5. The fourth-order valence-corrected chi connectivity index (χ4v) is 5.56. The van der Waals surface area contributed by atoms with Gasteiger partial charge in [0.05, 0.1) is 30.3 Å². The van der Waals surface area contributed by atoms with Crippen molar-refractivity contribution in [2.24, 2.45) is 5.92 Å². The molecule has 2 N–H and O–H groups in total. The van der Waals surface area contributed by atoms with Crippen LogP contribution in [-0.2, 0) is 12.8 Å². The second kappa shape index (κ2) is 12.3. The van der Waals surface area contributed by atoms with Crippen LogP contribution >= 0.6 is 23.2 Å². The van der Waals surface area contributed by atoms with Gasteiger partial charge in [0.25, 0.3) is 5.91 Å². The van der Waals surface area contributed by atoms with Crippen LogP contribution in [0, 0.1) is 5.92 Å². The maximum Gasteiger partial charge on any atom is 0.256 e. The quantitative estimate of drug-likeness (QED) is 0.255. The van der Waals surface area contributed by atoms with Crippen LogP contribution in [0.1, 0.15) is 40.7 Å². The van der Waals surface area contributed by atoms with E-state index in [0.717, 1.165) is 60.4 Å². The molecule has 210 valence electrons. The summed E-state index contributed by atoms with van der Waals surface area (Å²) in [6.07, 6.45) is 11.2. The number of carbonyl (C=O) groups is 1. The van der Waals surface area contributed by atoms with Gasteiger partial charge in [-0.05, 0) is 85.5 Å². The van der Waals surface area contributed by atoms with E-state index < -0.39 is 0 Å². The van der Waals surface area contributed by atoms with Crippen molar-refractivity contribution in [3.05, 3.63) is 88.1 Å². The molecule has 1 saturated heterocycles. The first-order chi connectivity index (χ1) is 20.0. The molecule has 3 aromatic heterocycles. The molecule has 1 aromatic carbocycles. The number of benzene rings is 1. The van der Waals surface area contributed by atoms with Gasteiger partial charge < -0.3 is 20.3 Å². The Bertz CT molecular complexity index is 1560. The third-order valence-electron chi connectivity index (χ3n) is 7.48. The van der Waals surface area contributed by atoms with Crippen molar-refractivity contribution in [1.29, 1.82) is 0 Å². The van der Waals surface area contributed by atoms with Crippen LogP contribution in [-0.4, -0.2) is 50.4 Å². The molecule has 11 heteroatoms. The van der Waals surface area contributed by atoms with Crippen molar-refractivity contribution in [2.75, 3.05) is 30.3 Å². The van der Waals surface area contributed by atoms with E-state index in [4.69, 9.17) is 27.9 Å². The molecule has 6 rings (SSSR count). The number of anilines is 4. The first-order valence-corrected chi connectivity index (χ1v) is 14.4. The largest absolute Gasteiger partial charge is 0.493 e. The van der Waals surface area contributed by atoms with Crippen LogP contribution < -0.4 is 15.4 Å². The third kappa shape index (κ3) is 6.52. The van der Waals surface area contributed by atoms with Gasteiger partial charge in [-0.3, -0.25) is 9.78 Å². The summed E-state index contributed by atoms with van der Waals surface area (Å²) in [6, 6.07) is 11.6. The Labute approximate surface area is 248 Å². The number of nitrogens with one attached hydrogen (secondary N) is 2. The molecule has 0 atom stereocenters. The molecule has 1 fully saturated rings. The van der Waals surface area contributed by atoms with Gasteiger partial charge in [-0.1, -0.05) is 23.2 Å². The van der Waals surface area contributed by atoms with Gasteiger partial charge >= 0.3 is 0 Å². The van der Waals surface area contributed by atoms with E-state index in [1.165, 1.54) is 0 Å². The monoisotopic (exact) mass is 589 g/mol. The molecule has 41 heavy (non-hydrogen) atoms. The van der Waals surface area contributed by atoms with E-state index in [-0.39, 0.29) is 11.1 Å². The molecule has 0 aliphatic carbocycles. The lowest BCUT2D eigenvalue weighted by atomic mass is 9.93. The fraction of sp³-hybridized carbons (Fsp3) is 0.300. The van der Waals surface area contributed by atoms with Gasteiger partial charge in [-0.15, -0.1) is 0 Å². The topological polar surface area (TPSA) is 105 Å². The Kier molecular flexibility index (Phi) is 8.16. The van der Waals surface area contributed by atoms with Crippen molar-refractivity contribution in [3.63, 3.8) is 0 Å². The number of ether oxygens (including phenoxy) is 1. The minimum absolute atomic E-state index is 0.0532. The fourth-order valence-electron chi connectivity index (χ4n) is 5.22. The van der Waals surface area contributed by atoms with Crippen LogP contribution in [0.25, 0.3) is 0 Å². The highest BCUT2D eigenvalue weighted by Crippen LogP contribution is 2.31. The third-order valence-corrected chi connectivity index (χ3v) is 8.05. The van der Waals surface area contributed by atoms with Gasteiger partial charge in [-0.25, -0.2) is 9.97 Å². The number of amides is 1. The number of hydrogen-bond donors (Lipinski definition) is 2. The number of aromatic nitrogens is 4. The van der Waals surface area contributed by atoms with Crippen LogP contribution in [0.3, 0.4) is 0 Å². The second-order valence-electron chi connectivity index (χ2n) is 10.3. The summed E-state index contributed by atoms with van der Waals surface area (Å²) >= 11 is 12.5. The van der Waals surface area contributed by atoms with Crippen molar-refractivity contribution in [1.82, 2.24) is 24.8 Å². The summed E-state index contributed by atoms with van der Waals surface area (Å²) in [5, 5.41) is 7.21. The molecule has 0 unspecified atom stereocenters. The average molecular weight is 591 g/mol. The second-order valence-corrected chi connectivity index (χ2v) is 11.0. The number of aryl methyl sites for hydroxylation is 2. The summed E-state index contributed by atoms with van der Waals surface area (Å²) in [4.78, 5) is 32.0. The number of likely N-dealkylation sites (tertiary alicyclic amines) is 1. The van der Waals surface area contributed by atoms with Crippen molar-refractivity contribution < 1.29 is 9.53 Å². The molecular weight excluding hydrogens is 561 g/mol. The molecule has 1 amide bonds. The summed E-state index contributed by atoms with van der Waals surface area (Å²) < 4.78 is 6.34. The van der Waals surface area contributed by atoms with Crippen molar-refractivity contribution in [3.8, 4) is 5.75 Å². The van der Waals surface area contributed by atoms with Crippen molar-refractivity contribution in [2.45, 2.75) is 32.1 Å². The van der Waals surface area contributed by atoms with Gasteiger partial charge in [0.1, 0.15) is 15.9 Å². The molecule has 0 saturated carbocycles. The molecule has 0 radical (unpaired) electrons. The normalized spacial score (nSPS) is 15.0. The zero-order valence-electron chi connectivity index (χ0n) is 22.3. The zero-order valence-corrected chi connectivity index (χ0v) is 23.8. The summed E-state index contributed by atoms with van der Waals surface area (Å²) in [5.74, 6) is 2.25. The van der Waals surface area contributed by atoms with E-state index >= 15 is 0 Å². The highest BCUT2D eigenvalue weighted by molar-refractivity contribution is 6.33. The van der Waals surface area contributed by atoms with Crippen LogP contribution in [0.15, 0.2) is 61.2 Å². The molecule has 5 heterocycles. The van der Waals surface area contributed by atoms with E-state index in [1.807, 2.05) is 23.2 Å². The first kappa shape index (κ1) is 27.2. The molecule has 9 nitrogen and oxygen atoms in total. The maximum absolute atomic E-state index is 12.9. The number of pyridine rings is 2. The minimum Gasteiger partial charge on any atom is -0.493 e. The molecule has 0 spiro atoms. The lowest BCUT2D eigenvalue weighted by Gasteiger charge is -2.32. The SMILES string of the molecule is O=C(c1cccnc1Cl)N1CCC(CCOc2ccc3cc2CCc2cncc(c2)Nc2ncc(Cl)c(n2)N3)CC1. The van der Waals surface area contributed by atoms with Crippen molar-refractivity contribution >= 4 is 52.3 Å². The van der Waals surface area contributed by atoms with Crippen LogP contribution in [0.5, 0.6) is 5.75 Å². The smallest absolute Gasteiger partial charge is 0.256 e. The highest BCUT2D eigenvalue weighted by atomic mass is 35.5. The molecule has 4 aromatic rings. The maximum atomic E-state index is 12.9.